The highest BCUT2D eigenvalue weighted by Crippen LogP contribution is 2.13. The summed E-state index contributed by atoms with van der Waals surface area (Å²) >= 11 is -2.65. The van der Waals surface area contributed by atoms with Crippen molar-refractivity contribution in [1.82, 2.24) is 0 Å². The summed E-state index contributed by atoms with van der Waals surface area (Å²) in [7, 11) is 0. The summed E-state index contributed by atoms with van der Waals surface area (Å²) in [6.07, 6.45) is 0. The fourth-order valence-corrected chi connectivity index (χ4v) is 0.842. The first-order valence-electron chi connectivity index (χ1n) is 3.00. The number of para-hydroxylation sites is 1. The van der Waals surface area contributed by atoms with Gasteiger partial charge in [-0.1, -0.05) is 28.0 Å². The third-order valence-corrected chi connectivity index (χ3v) is 1.35. The molecule has 0 aliphatic carbocycles. The van der Waals surface area contributed by atoms with Crippen LogP contribution in [0, 0.1) is 0 Å². The van der Waals surface area contributed by atoms with E-state index in [0.717, 1.165) is 0 Å². The zero-order chi connectivity index (χ0) is 8.97. The molecule has 0 amide bonds. The standard InChI is InChI=1S/C6H6FNO3S/c7-8(11-12(9)10)6-4-2-1-3-5-6/h1-5H,(H,9,10). The van der Waals surface area contributed by atoms with E-state index >= 15 is 0 Å². The van der Waals surface area contributed by atoms with Gasteiger partial charge in [0.15, 0.2) is 0 Å². The van der Waals surface area contributed by atoms with Gasteiger partial charge < -0.3 is 0 Å². The molecule has 1 N–H and O–H groups in total. The molecule has 0 aliphatic rings. The predicted molar refractivity (Wildman–Crippen MR) is 41.9 cm³/mol. The molecule has 1 atom stereocenters. The van der Waals surface area contributed by atoms with Crippen LogP contribution in [0.15, 0.2) is 30.3 Å². The highest BCUT2D eigenvalue weighted by atomic mass is 32.2. The third kappa shape index (κ3) is 2.57. The third-order valence-electron chi connectivity index (χ3n) is 1.09. The molecule has 1 aromatic rings. The van der Waals surface area contributed by atoms with Gasteiger partial charge in [0.05, 0.1) is 0 Å². The van der Waals surface area contributed by atoms with Gasteiger partial charge in [-0.25, -0.2) is 0 Å². The van der Waals surface area contributed by atoms with Crippen molar-refractivity contribution >= 4 is 17.0 Å². The van der Waals surface area contributed by atoms with Crippen LogP contribution in [0.5, 0.6) is 0 Å². The molecule has 12 heavy (non-hydrogen) atoms. The number of halogens is 1. The van der Waals surface area contributed by atoms with Gasteiger partial charge in [-0.15, -0.1) is 4.28 Å². The Morgan fingerprint density at radius 2 is 2.00 bits per heavy atom. The molecule has 0 saturated heterocycles. The summed E-state index contributed by atoms with van der Waals surface area (Å²) in [5.41, 5.74) is 0.0555. The van der Waals surface area contributed by atoms with Crippen LogP contribution in [0.2, 0.25) is 0 Å². The zero-order valence-corrected chi connectivity index (χ0v) is 6.70. The van der Waals surface area contributed by atoms with Crippen LogP contribution in [0.25, 0.3) is 0 Å². The number of benzene rings is 1. The summed E-state index contributed by atoms with van der Waals surface area (Å²) < 4.78 is 34.6. The van der Waals surface area contributed by atoms with Crippen LogP contribution in [0.4, 0.5) is 10.2 Å². The number of anilines is 1. The van der Waals surface area contributed by atoms with Gasteiger partial charge in [0.2, 0.25) is 0 Å². The Labute approximate surface area is 70.9 Å². The van der Waals surface area contributed by atoms with Crippen LogP contribution in [0.1, 0.15) is 0 Å². The molecule has 0 saturated carbocycles. The molecule has 0 bridgehead atoms. The molecule has 4 nitrogen and oxygen atoms in total. The predicted octanol–water partition coefficient (Wildman–Crippen LogP) is 1.45. The van der Waals surface area contributed by atoms with E-state index in [1.165, 1.54) is 12.1 Å². The van der Waals surface area contributed by atoms with Crippen molar-refractivity contribution in [2.75, 3.05) is 5.29 Å². The molecule has 1 rings (SSSR count). The smallest absolute Gasteiger partial charge is 0.282 e. The molecule has 66 valence electrons. The molecule has 0 aliphatic heterocycles. The van der Waals surface area contributed by atoms with Crippen molar-refractivity contribution in [1.29, 1.82) is 0 Å². The summed E-state index contributed by atoms with van der Waals surface area (Å²) in [4.78, 5) is 0. The van der Waals surface area contributed by atoms with Crippen molar-refractivity contribution < 1.29 is 17.5 Å². The SMILES string of the molecule is O=S(O)ON(F)c1ccccc1. The normalized spacial score (nSPS) is 12.5. The molecule has 0 heterocycles. The van der Waals surface area contributed by atoms with E-state index < -0.39 is 11.4 Å². The lowest BCUT2D eigenvalue weighted by atomic mass is 10.3. The van der Waals surface area contributed by atoms with Crippen molar-refractivity contribution in [2.24, 2.45) is 0 Å². The van der Waals surface area contributed by atoms with Crippen LogP contribution >= 0.6 is 0 Å². The molecule has 0 fully saturated rings. The fourth-order valence-electron chi connectivity index (χ4n) is 0.644. The van der Waals surface area contributed by atoms with Gasteiger partial charge >= 0.3 is 11.4 Å². The van der Waals surface area contributed by atoms with E-state index in [1.807, 2.05) is 0 Å². The van der Waals surface area contributed by atoms with Crippen molar-refractivity contribution in [3.8, 4) is 0 Å². The lowest BCUT2D eigenvalue weighted by molar-refractivity contribution is 0.145. The Balaban J connectivity index is 2.65. The monoisotopic (exact) mass is 191 g/mol. The molecule has 6 heteroatoms. The summed E-state index contributed by atoms with van der Waals surface area (Å²) in [5.74, 6) is 0. The van der Waals surface area contributed by atoms with E-state index in [1.54, 1.807) is 18.2 Å². The minimum absolute atomic E-state index is 0.0555. The summed E-state index contributed by atoms with van der Waals surface area (Å²) in [6.45, 7) is 0. The maximum atomic E-state index is 12.6. The largest absolute Gasteiger partial charge is 0.327 e. The number of nitrogens with zero attached hydrogens (tertiary/aromatic N) is 1. The fraction of sp³-hybridized carbons (Fsp3) is 0. The molecular weight excluding hydrogens is 185 g/mol. The summed E-state index contributed by atoms with van der Waals surface area (Å²) in [6, 6.07) is 7.63. The van der Waals surface area contributed by atoms with E-state index in [2.05, 4.69) is 4.28 Å². The lowest BCUT2D eigenvalue weighted by Crippen LogP contribution is -2.13. The first kappa shape index (κ1) is 9.11. The molecule has 1 aromatic carbocycles. The van der Waals surface area contributed by atoms with Gasteiger partial charge in [0.25, 0.3) is 0 Å². The van der Waals surface area contributed by atoms with E-state index in [4.69, 9.17) is 4.55 Å². The topological polar surface area (TPSA) is 49.8 Å². The second kappa shape index (κ2) is 4.15. The highest BCUT2D eigenvalue weighted by Gasteiger charge is 2.07. The first-order chi connectivity index (χ1) is 5.70. The Hall–Kier alpha value is -0.980. The number of hydrogen-bond donors (Lipinski definition) is 1. The molecule has 0 aromatic heterocycles. The Bertz CT molecular complexity index is 269. The minimum atomic E-state index is -2.65. The second-order valence-electron chi connectivity index (χ2n) is 1.87. The van der Waals surface area contributed by atoms with E-state index in [0.29, 0.717) is 0 Å². The van der Waals surface area contributed by atoms with Crippen molar-refractivity contribution in [2.45, 2.75) is 0 Å². The van der Waals surface area contributed by atoms with E-state index in [9.17, 15) is 8.69 Å². The van der Waals surface area contributed by atoms with Crippen LogP contribution in [-0.2, 0) is 15.6 Å². The Morgan fingerprint density at radius 1 is 1.42 bits per heavy atom. The Kier molecular flexibility index (Phi) is 3.15. The molecule has 0 spiro atoms. The second-order valence-corrected chi connectivity index (χ2v) is 2.46. The number of rotatable bonds is 3. The average molecular weight is 191 g/mol. The minimum Gasteiger partial charge on any atom is -0.282 e. The van der Waals surface area contributed by atoms with Gasteiger partial charge in [-0.3, -0.25) is 4.55 Å². The maximum absolute atomic E-state index is 12.6. The molecule has 1 unspecified atom stereocenters. The maximum Gasteiger partial charge on any atom is 0.327 e. The van der Waals surface area contributed by atoms with Crippen molar-refractivity contribution in [3.63, 3.8) is 0 Å². The zero-order valence-electron chi connectivity index (χ0n) is 5.88. The summed E-state index contributed by atoms with van der Waals surface area (Å²) in [5, 5.41) is -0.268. The number of hydrogen-bond acceptors (Lipinski definition) is 3. The van der Waals surface area contributed by atoms with Crippen LogP contribution in [0.3, 0.4) is 0 Å². The van der Waals surface area contributed by atoms with Crippen molar-refractivity contribution in [3.05, 3.63) is 30.3 Å². The van der Waals surface area contributed by atoms with Crippen LogP contribution < -0.4 is 5.29 Å². The van der Waals surface area contributed by atoms with E-state index in [-0.39, 0.29) is 11.0 Å². The Morgan fingerprint density at radius 3 is 2.50 bits per heavy atom. The van der Waals surface area contributed by atoms with Gasteiger partial charge in [-0.2, -0.15) is 4.21 Å². The molecular formula is C6H6FNO3S. The van der Waals surface area contributed by atoms with Gasteiger partial charge in [-0.05, 0) is 12.1 Å². The lowest BCUT2D eigenvalue weighted by Gasteiger charge is -2.08. The highest BCUT2D eigenvalue weighted by molar-refractivity contribution is 7.74. The molecule has 0 radical (unpaired) electrons. The van der Waals surface area contributed by atoms with Gasteiger partial charge in [0, 0.05) is 0 Å². The quantitative estimate of drug-likeness (QED) is 0.446. The average Bonchev–Trinajstić information content (AvgIpc) is 2.05. The first-order valence-corrected chi connectivity index (χ1v) is 4.03. The van der Waals surface area contributed by atoms with Crippen LogP contribution in [-0.4, -0.2) is 8.76 Å². The van der Waals surface area contributed by atoms with Gasteiger partial charge in [0.1, 0.15) is 5.69 Å².